The molecule has 22 heavy (non-hydrogen) atoms. The zero-order valence-corrected chi connectivity index (χ0v) is 15.3. The van der Waals surface area contributed by atoms with Gasteiger partial charge in [0, 0.05) is 18.7 Å². The zero-order valence-electron chi connectivity index (χ0n) is 13.7. The third-order valence-electron chi connectivity index (χ3n) is 4.58. The van der Waals surface area contributed by atoms with E-state index in [1.165, 1.54) is 19.3 Å². The summed E-state index contributed by atoms with van der Waals surface area (Å²) >= 11 is 3.43. The van der Waals surface area contributed by atoms with Crippen LogP contribution in [0.3, 0.4) is 0 Å². The van der Waals surface area contributed by atoms with Crippen molar-refractivity contribution >= 4 is 21.8 Å². The first-order valence-corrected chi connectivity index (χ1v) is 8.47. The van der Waals surface area contributed by atoms with Crippen LogP contribution in [0.15, 0.2) is 16.6 Å². The molecule has 1 aromatic carbocycles. The van der Waals surface area contributed by atoms with Gasteiger partial charge in [0.05, 0.1) is 14.2 Å². The summed E-state index contributed by atoms with van der Waals surface area (Å²) in [6.07, 6.45) is 4.72. The zero-order chi connectivity index (χ0) is 16.3. The van der Waals surface area contributed by atoms with Crippen molar-refractivity contribution in [2.24, 2.45) is 5.92 Å². The number of ether oxygens (including phenoxy) is 2. The van der Waals surface area contributed by atoms with E-state index in [0.717, 1.165) is 10.9 Å². The predicted molar refractivity (Wildman–Crippen MR) is 90.8 cm³/mol. The van der Waals surface area contributed by atoms with Crippen LogP contribution in [0.2, 0.25) is 0 Å². The molecule has 1 saturated carbocycles. The molecule has 1 aliphatic rings. The van der Waals surface area contributed by atoms with Crippen molar-refractivity contribution in [3.05, 3.63) is 22.2 Å². The highest BCUT2D eigenvalue weighted by molar-refractivity contribution is 9.10. The van der Waals surface area contributed by atoms with Gasteiger partial charge in [-0.2, -0.15) is 0 Å². The van der Waals surface area contributed by atoms with E-state index in [9.17, 15) is 4.79 Å². The van der Waals surface area contributed by atoms with Crippen molar-refractivity contribution in [3.63, 3.8) is 0 Å². The number of halogens is 1. The maximum atomic E-state index is 12.8. The highest BCUT2D eigenvalue weighted by atomic mass is 79.9. The summed E-state index contributed by atoms with van der Waals surface area (Å²) in [6, 6.07) is 3.83. The molecule has 5 heteroatoms. The molecule has 2 rings (SSSR count). The first-order chi connectivity index (χ1) is 10.5. The quantitative estimate of drug-likeness (QED) is 0.801. The molecule has 1 fully saturated rings. The Hall–Kier alpha value is -1.23. The Bertz CT molecular complexity index is 522. The fraction of sp³-hybridized carbons (Fsp3) is 0.588. The van der Waals surface area contributed by atoms with Gasteiger partial charge in [-0.25, -0.2) is 0 Å². The lowest BCUT2D eigenvalue weighted by Crippen LogP contribution is -2.42. The highest BCUT2D eigenvalue weighted by Crippen LogP contribution is 2.36. The van der Waals surface area contributed by atoms with E-state index in [1.807, 2.05) is 11.9 Å². The van der Waals surface area contributed by atoms with E-state index >= 15 is 0 Å². The number of methoxy groups -OCH3 is 2. The van der Waals surface area contributed by atoms with Crippen LogP contribution in [-0.4, -0.2) is 38.1 Å². The Labute approximate surface area is 140 Å². The molecule has 0 aromatic heterocycles. The van der Waals surface area contributed by atoms with Crippen molar-refractivity contribution in [1.29, 1.82) is 0 Å². The minimum absolute atomic E-state index is 0.0165. The number of hydrogen-bond donors (Lipinski definition) is 0. The Kier molecular flexibility index (Phi) is 5.73. The third kappa shape index (κ3) is 3.40. The van der Waals surface area contributed by atoms with Gasteiger partial charge in [-0.05, 0) is 46.8 Å². The van der Waals surface area contributed by atoms with Crippen LogP contribution >= 0.6 is 15.9 Å². The summed E-state index contributed by atoms with van der Waals surface area (Å²) in [7, 11) is 5.07. The lowest BCUT2D eigenvalue weighted by molar-refractivity contribution is 0.0628. The van der Waals surface area contributed by atoms with E-state index in [0.29, 0.717) is 29.0 Å². The Morgan fingerprint density at radius 1 is 1.18 bits per heavy atom. The Morgan fingerprint density at radius 3 is 2.23 bits per heavy atom. The summed E-state index contributed by atoms with van der Waals surface area (Å²) < 4.78 is 11.4. The van der Waals surface area contributed by atoms with Gasteiger partial charge in [0.2, 0.25) is 0 Å². The second kappa shape index (κ2) is 7.36. The van der Waals surface area contributed by atoms with Crippen molar-refractivity contribution in [3.8, 4) is 11.5 Å². The largest absolute Gasteiger partial charge is 0.495 e. The van der Waals surface area contributed by atoms with Crippen LogP contribution < -0.4 is 9.47 Å². The number of carbonyl (C=O) groups is 1. The first-order valence-electron chi connectivity index (χ1n) is 7.68. The molecule has 2 atom stereocenters. The normalized spacial score (nSPS) is 21.3. The summed E-state index contributed by atoms with van der Waals surface area (Å²) in [4.78, 5) is 14.7. The highest BCUT2D eigenvalue weighted by Gasteiger charge is 2.29. The number of hydrogen-bond acceptors (Lipinski definition) is 3. The fourth-order valence-electron chi connectivity index (χ4n) is 3.22. The van der Waals surface area contributed by atoms with E-state index in [-0.39, 0.29) is 5.91 Å². The summed E-state index contributed by atoms with van der Waals surface area (Å²) in [5, 5.41) is 0. The van der Waals surface area contributed by atoms with Gasteiger partial charge < -0.3 is 14.4 Å². The monoisotopic (exact) mass is 369 g/mol. The maximum absolute atomic E-state index is 12.8. The van der Waals surface area contributed by atoms with Crippen LogP contribution in [0.4, 0.5) is 0 Å². The smallest absolute Gasteiger partial charge is 0.254 e. The molecule has 0 radical (unpaired) electrons. The van der Waals surface area contributed by atoms with E-state index in [1.54, 1.807) is 26.4 Å². The first kappa shape index (κ1) is 17.1. The molecule has 0 spiro atoms. The molecule has 1 aromatic rings. The lowest BCUT2D eigenvalue weighted by atomic mass is 9.85. The molecule has 1 amide bonds. The standard InChI is InChI=1S/C17H24BrNO3/c1-11-7-5-6-8-13(11)19(2)17(20)12-9-14(21-3)16(18)15(10-12)22-4/h9-11,13H,5-8H2,1-4H3. The van der Waals surface area contributed by atoms with Gasteiger partial charge in [-0.1, -0.05) is 19.8 Å². The van der Waals surface area contributed by atoms with E-state index in [2.05, 4.69) is 22.9 Å². The molecule has 0 bridgehead atoms. The molecule has 0 saturated heterocycles. The minimum atomic E-state index is 0.0165. The number of amides is 1. The van der Waals surface area contributed by atoms with E-state index < -0.39 is 0 Å². The molecule has 4 nitrogen and oxygen atoms in total. The molecule has 122 valence electrons. The summed E-state index contributed by atoms with van der Waals surface area (Å²) in [5.41, 5.74) is 0.595. The number of carbonyl (C=O) groups excluding carboxylic acids is 1. The average Bonchev–Trinajstić information content (AvgIpc) is 2.54. The second-order valence-corrected chi connectivity index (χ2v) is 6.73. The Morgan fingerprint density at radius 2 is 1.73 bits per heavy atom. The van der Waals surface area contributed by atoms with Gasteiger partial charge >= 0.3 is 0 Å². The maximum Gasteiger partial charge on any atom is 0.254 e. The summed E-state index contributed by atoms with van der Waals surface area (Å²) in [5.74, 6) is 1.77. The molecule has 0 aliphatic heterocycles. The van der Waals surface area contributed by atoms with Crippen LogP contribution in [0, 0.1) is 5.92 Å². The van der Waals surface area contributed by atoms with Crippen molar-refractivity contribution in [2.75, 3.05) is 21.3 Å². The van der Waals surface area contributed by atoms with Crippen LogP contribution in [0.5, 0.6) is 11.5 Å². The molecule has 1 aliphatic carbocycles. The number of nitrogens with zero attached hydrogens (tertiary/aromatic N) is 1. The molecule has 0 N–H and O–H groups in total. The van der Waals surface area contributed by atoms with Crippen molar-refractivity contribution in [2.45, 2.75) is 38.6 Å². The van der Waals surface area contributed by atoms with Gasteiger partial charge in [-0.3, -0.25) is 4.79 Å². The van der Waals surface area contributed by atoms with Crippen LogP contribution in [-0.2, 0) is 0 Å². The predicted octanol–water partition coefficient (Wildman–Crippen LogP) is 4.12. The van der Waals surface area contributed by atoms with Gasteiger partial charge in [-0.15, -0.1) is 0 Å². The topological polar surface area (TPSA) is 38.8 Å². The fourth-order valence-corrected chi connectivity index (χ4v) is 3.77. The lowest BCUT2D eigenvalue weighted by Gasteiger charge is -2.36. The third-order valence-corrected chi connectivity index (χ3v) is 5.36. The Balaban J connectivity index is 2.28. The van der Waals surface area contributed by atoms with Gasteiger partial charge in [0.15, 0.2) is 0 Å². The van der Waals surface area contributed by atoms with Crippen LogP contribution in [0.25, 0.3) is 0 Å². The number of rotatable bonds is 4. The van der Waals surface area contributed by atoms with Crippen molar-refractivity contribution in [1.82, 2.24) is 4.90 Å². The minimum Gasteiger partial charge on any atom is -0.495 e. The van der Waals surface area contributed by atoms with Gasteiger partial charge in [0.1, 0.15) is 16.0 Å². The van der Waals surface area contributed by atoms with Crippen molar-refractivity contribution < 1.29 is 14.3 Å². The molecule has 2 unspecified atom stereocenters. The van der Waals surface area contributed by atoms with Crippen LogP contribution in [0.1, 0.15) is 43.0 Å². The molecular weight excluding hydrogens is 346 g/mol. The van der Waals surface area contributed by atoms with E-state index in [4.69, 9.17) is 9.47 Å². The summed E-state index contributed by atoms with van der Waals surface area (Å²) in [6.45, 7) is 2.23. The average molecular weight is 370 g/mol. The second-order valence-electron chi connectivity index (χ2n) is 5.94. The van der Waals surface area contributed by atoms with Gasteiger partial charge in [0.25, 0.3) is 5.91 Å². The molecular formula is C17H24BrNO3. The SMILES string of the molecule is COc1cc(C(=O)N(C)C2CCCCC2C)cc(OC)c1Br. The number of benzene rings is 1. The molecule has 0 heterocycles.